The molecule has 2 rings (SSSR count). The number of halogens is 1. The summed E-state index contributed by atoms with van der Waals surface area (Å²) < 4.78 is 0. The topological polar surface area (TPSA) is 30.0 Å². The summed E-state index contributed by atoms with van der Waals surface area (Å²) in [6, 6.07) is 11.7. The van der Waals surface area contributed by atoms with E-state index in [1.807, 2.05) is 50.2 Å². The molecule has 0 aliphatic rings. The van der Waals surface area contributed by atoms with Crippen molar-refractivity contribution < 1.29 is 4.79 Å². The molecule has 1 heterocycles. The summed E-state index contributed by atoms with van der Waals surface area (Å²) >= 11 is 5.88. The molecule has 0 saturated carbocycles. The van der Waals surface area contributed by atoms with E-state index < -0.39 is 5.41 Å². The summed E-state index contributed by atoms with van der Waals surface area (Å²) in [5, 5.41) is -0.342. The zero-order valence-electron chi connectivity index (χ0n) is 11.1. The molecule has 2 aromatic rings. The van der Waals surface area contributed by atoms with Crippen LogP contribution < -0.4 is 0 Å². The van der Waals surface area contributed by atoms with Gasteiger partial charge in [-0.3, -0.25) is 9.78 Å². The van der Waals surface area contributed by atoms with Crippen LogP contribution >= 0.6 is 11.6 Å². The fourth-order valence-corrected chi connectivity index (χ4v) is 2.54. The van der Waals surface area contributed by atoms with Crippen LogP contribution in [0.2, 0.25) is 0 Å². The smallest absolute Gasteiger partial charge is 0.232 e. The summed E-state index contributed by atoms with van der Waals surface area (Å²) in [4.78, 5) is 16.1. The van der Waals surface area contributed by atoms with Crippen LogP contribution in [0, 0.1) is 6.92 Å². The van der Waals surface area contributed by atoms with Crippen LogP contribution in [0.5, 0.6) is 0 Å². The lowest BCUT2D eigenvalue weighted by atomic mass is 9.77. The standard InChI is InChI=1S/C16H16ClNO/c1-12-6-3-4-8-14(12)16(2,15(17)19)10-13-7-5-9-18-11-13/h3-9,11H,10H2,1-2H3. The molecular formula is C16H16ClNO. The Morgan fingerprint density at radius 1 is 1.26 bits per heavy atom. The molecule has 0 aliphatic carbocycles. The number of nitrogens with zero attached hydrogens (tertiary/aromatic N) is 1. The lowest BCUT2D eigenvalue weighted by molar-refractivity contribution is -0.116. The first kappa shape index (κ1) is 13.8. The van der Waals surface area contributed by atoms with E-state index in [0.717, 1.165) is 16.7 Å². The lowest BCUT2D eigenvalue weighted by Gasteiger charge is -2.27. The number of carbonyl (C=O) groups is 1. The Bertz CT molecular complexity index is 582. The van der Waals surface area contributed by atoms with Crippen LogP contribution in [0.1, 0.15) is 23.6 Å². The van der Waals surface area contributed by atoms with E-state index in [4.69, 9.17) is 11.6 Å². The molecule has 2 nitrogen and oxygen atoms in total. The van der Waals surface area contributed by atoms with Gasteiger partial charge in [0.05, 0.1) is 5.41 Å². The minimum Gasteiger partial charge on any atom is -0.280 e. The minimum atomic E-state index is -0.726. The van der Waals surface area contributed by atoms with Crippen molar-refractivity contribution in [3.8, 4) is 0 Å². The van der Waals surface area contributed by atoms with Crippen molar-refractivity contribution in [1.29, 1.82) is 0 Å². The Balaban J connectivity index is 2.45. The molecule has 3 heteroatoms. The molecule has 0 radical (unpaired) electrons. The highest BCUT2D eigenvalue weighted by Gasteiger charge is 2.35. The van der Waals surface area contributed by atoms with E-state index in [2.05, 4.69) is 4.98 Å². The fourth-order valence-electron chi connectivity index (χ4n) is 2.37. The van der Waals surface area contributed by atoms with Gasteiger partial charge in [0.1, 0.15) is 0 Å². The molecular weight excluding hydrogens is 258 g/mol. The number of aryl methyl sites for hydroxylation is 1. The number of pyridine rings is 1. The molecule has 0 spiro atoms. The van der Waals surface area contributed by atoms with Gasteiger partial charge in [-0.15, -0.1) is 0 Å². The zero-order chi connectivity index (χ0) is 13.9. The van der Waals surface area contributed by atoms with E-state index in [-0.39, 0.29) is 5.24 Å². The second kappa shape index (κ2) is 5.54. The SMILES string of the molecule is Cc1ccccc1C(C)(Cc1cccnc1)C(=O)Cl. The van der Waals surface area contributed by atoms with E-state index in [9.17, 15) is 4.79 Å². The predicted molar refractivity (Wildman–Crippen MR) is 77.3 cm³/mol. The Hall–Kier alpha value is -1.67. The van der Waals surface area contributed by atoms with Gasteiger partial charge in [-0.25, -0.2) is 0 Å². The molecule has 0 fully saturated rings. The Labute approximate surface area is 118 Å². The summed E-state index contributed by atoms with van der Waals surface area (Å²) in [6.07, 6.45) is 4.04. The molecule has 0 bridgehead atoms. The first-order valence-electron chi connectivity index (χ1n) is 6.19. The van der Waals surface area contributed by atoms with E-state index in [1.54, 1.807) is 12.4 Å². The predicted octanol–water partition coefficient (Wildman–Crippen LogP) is 3.66. The van der Waals surface area contributed by atoms with Crippen molar-refractivity contribution in [2.24, 2.45) is 0 Å². The number of aromatic nitrogens is 1. The third-order valence-electron chi connectivity index (χ3n) is 3.45. The summed E-state index contributed by atoms with van der Waals surface area (Å²) in [7, 11) is 0. The molecule has 1 atom stereocenters. The highest BCUT2D eigenvalue weighted by atomic mass is 35.5. The average Bonchev–Trinajstić information content (AvgIpc) is 2.40. The fraction of sp³-hybridized carbons (Fsp3) is 0.250. The quantitative estimate of drug-likeness (QED) is 0.796. The molecule has 1 aromatic heterocycles. The van der Waals surface area contributed by atoms with Gasteiger partial charge in [0.15, 0.2) is 0 Å². The van der Waals surface area contributed by atoms with Crippen LogP contribution in [0.25, 0.3) is 0 Å². The van der Waals surface area contributed by atoms with Crippen molar-refractivity contribution in [2.75, 3.05) is 0 Å². The first-order valence-corrected chi connectivity index (χ1v) is 6.57. The van der Waals surface area contributed by atoms with Crippen molar-refractivity contribution in [3.63, 3.8) is 0 Å². The van der Waals surface area contributed by atoms with E-state index >= 15 is 0 Å². The molecule has 1 unspecified atom stereocenters. The third kappa shape index (κ3) is 2.85. The van der Waals surface area contributed by atoms with E-state index in [0.29, 0.717) is 6.42 Å². The maximum absolute atomic E-state index is 12.0. The summed E-state index contributed by atoms with van der Waals surface area (Å²) in [5.41, 5.74) is 2.32. The summed E-state index contributed by atoms with van der Waals surface area (Å²) in [5.74, 6) is 0. The van der Waals surface area contributed by atoms with Crippen molar-refractivity contribution in [2.45, 2.75) is 25.7 Å². The molecule has 0 aliphatic heterocycles. The lowest BCUT2D eigenvalue weighted by Crippen LogP contribution is -2.32. The first-order chi connectivity index (χ1) is 9.04. The van der Waals surface area contributed by atoms with Crippen molar-refractivity contribution in [1.82, 2.24) is 4.98 Å². The molecule has 0 amide bonds. The molecule has 1 aromatic carbocycles. The number of hydrogen-bond acceptors (Lipinski definition) is 2. The maximum atomic E-state index is 12.0. The van der Waals surface area contributed by atoms with Crippen LogP contribution in [0.3, 0.4) is 0 Å². The monoisotopic (exact) mass is 273 g/mol. The van der Waals surface area contributed by atoms with Gasteiger partial charge in [-0.05, 0) is 54.6 Å². The minimum absolute atomic E-state index is 0.342. The normalized spacial score (nSPS) is 13.8. The number of carbonyl (C=O) groups excluding carboxylic acids is 1. The highest BCUT2D eigenvalue weighted by molar-refractivity contribution is 6.65. The highest BCUT2D eigenvalue weighted by Crippen LogP contribution is 2.32. The molecule has 0 saturated heterocycles. The van der Waals surface area contributed by atoms with Crippen molar-refractivity contribution >= 4 is 16.8 Å². The molecule has 0 N–H and O–H groups in total. The van der Waals surface area contributed by atoms with Crippen LogP contribution in [0.15, 0.2) is 48.8 Å². The van der Waals surface area contributed by atoms with Crippen LogP contribution in [0.4, 0.5) is 0 Å². The zero-order valence-corrected chi connectivity index (χ0v) is 11.8. The Morgan fingerprint density at radius 3 is 2.58 bits per heavy atom. The van der Waals surface area contributed by atoms with Gasteiger partial charge >= 0.3 is 0 Å². The van der Waals surface area contributed by atoms with Crippen LogP contribution in [-0.4, -0.2) is 10.2 Å². The number of benzene rings is 1. The maximum Gasteiger partial charge on any atom is 0.232 e. The summed E-state index contributed by atoms with van der Waals surface area (Å²) in [6.45, 7) is 3.88. The number of hydrogen-bond donors (Lipinski definition) is 0. The Kier molecular flexibility index (Phi) is 4.01. The third-order valence-corrected chi connectivity index (χ3v) is 3.87. The van der Waals surface area contributed by atoms with Crippen LogP contribution in [-0.2, 0) is 16.6 Å². The van der Waals surface area contributed by atoms with Gasteiger partial charge in [-0.2, -0.15) is 0 Å². The van der Waals surface area contributed by atoms with Crippen molar-refractivity contribution in [3.05, 3.63) is 65.5 Å². The second-order valence-corrected chi connectivity index (χ2v) is 5.30. The van der Waals surface area contributed by atoms with Gasteiger partial charge in [0, 0.05) is 12.4 Å². The van der Waals surface area contributed by atoms with Gasteiger partial charge in [-0.1, -0.05) is 30.3 Å². The van der Waals surface area contributed by atoms with Gasteiger partial charge in [0.2, 0.25) is 5.24 Å². The second-order valence-electron chi connectivity index (χ2n) is 4.96. The molecule has 19 heavy (non-hydrogen) atoms. The van der Waals surface area contributed by atoms with E-state index in [1.165, 1.54) is 0 Å². The number of rotatable bonds is 4. The average molecular weight is 274 g/mol. The largest absolute Gasteiger partial charge is 0.280 e. The van der Waals surface area contributed by atoms with Gasteiger partial charge < -0.3 is 0 Å². The van der Waals surface area contributed by atoms with Gasteiger partial charge in [0.25, 0.3) is 0 Å². The Morgan fingerprint density at radius 2 is 2.00 bits per heavy atom. The molecule has 98 valence electrons.